The van der Waals surface area contributed by atoms with Crippen molar-refractivity contribution in [2.24, 2.45) is 0 Å². The van der Waals surface area contributed by atoms with E-state index in [1.54, 1.807) is 30.3 Å². The summed E-state index contributed by atoms with van der Waals surface area (Å²) >= 11 is 0. The summed E-state index contributed by atoms with van der Waals surface area (Å²) in [5.74, 6) is 8.43. The molecule has 0 fully saturated rings. The molecule has 1 amide bonds. The minimum Gasteiger partial charge on any atom is -0.275 e. The van der Waals surface area contributed by atoms with Gasteiger partial charge in [0.15, 0.2) is 0 Å². The Hall–Kier alpha value is -3.57. The Morgan fingerprint density at radius 3 is 2.23 bits per heavy atom. The highest BCUT2D eigenvalue weighted by molar-refractivity contribution is 7.99. The number of nitrogens with one attached hydrogen (secondary N) is 1. The van der Waals surface area contributed by atoms with E-state index < -0.39 is 27.4 Å². The van der Waals surface area contributed by atoms with Gasteiger partial charge >= 0.3 is 6.18 Å². The van der Waals surface area contributed by atoms with Crippen LogP contribution in [0, 0.1) is 11.8 Å². The maximum absolute atomic E-state index is 12.7. The van der Waals surface area contributed by atoms with Gasteiger partial charge in [0.1, 0.15) is 0 Å². The van der Waals surface area contributed by atoms with Crippen LogP contribution in [0.1, 0.15) is 27.0 Å². The molecule has 1 N–H and O–H groups in total. The Morgan fingerprint density at radius 1 is 0.967 bits per heavy atom. The molecule has 1 heterocycles. The van der Waals surface area contributed by atoms with Gasteiger partial charge in [0, 0.05) is 28.4 Å². The number of rotatable bonds is 3. The van der Waals surface area contributed by atoms with Crippen LogP contribution in [0.3, 0.4) is 0 Å². The fraction of sp³-hybridized carbons (Fsp3) is 0.0455. The number of benzene rings is 2. The normalized spacial score (nSPS) is 12.9. The highest BCUT2D eigenvalue weighted by Crippen LogP contribution is 2.28. The van der Waals surface area contributed by atoms with Crippen LogP contribution in [-0.4, -0.2) is 21.0 Å². The number of alkyl halides is 3. The van der Waals surface area contributed by atoms with Gasteiger partial charge in [0.05, 0.1) is 20.8 Å². The van der Waals surface area contributed by atoms with E-state index in [9.17, 15) is 22.2 Å². The zero-order valence-corrected chi connectivity index (χ0v) is 16.3. The van der Waals surface area contributed by atoms with E-state index in [1.165, 1.54) is 30.6 Å². The van der Waals surface area contributed by atoms with Gasteiger partial charge < -0.3 is 0 Å². The van der Waals surface area contributed by atoms with Crippen molar-refractivity contribution in [1.82, 2.24) is 9.71 Å². The van der Waals surface area contributed by atoms with Crippen molar-refractivity contribution >= 4 is 21.5 Å². The molecular formula is C22H15F3N2O2S. The fourth-order valence-electron chi connectivity index (χ4n) is 2.43. The zero-order chi connectivity index (χ0) is 21.8. The van der Waals surface area contributed by atoms with Gasteiger partial charge in [0.2, 0.25) is 0 Å². The number of aromatic nitrogens is 1. The first-order chi connectivity index (χ1) is 14.1. The zero-order valence-electron chi connectivity index (χ0n) is 15.4. The largest absolute Gasteiger partial charge is 0.416 e. The summed E-state index contributed by atoms with van der Waals surface area (Å²) in [5.41, 5.74) is 0.116. The first kappa shape index (κ1) is 21.1. The molecule has 1 atom stereocenters. The topological polar surface area (TPSA) is 59.1 Å². The minimum absolute atomic E-state index is 0.126. The third-order valence-electron chi connectivity index (χ3n) is 3.95. The molecule has 0 bridgehead atoms. The summed E-state index contributed by atoms with van der Waals surface area (Å²) in [6.07, 6.45) is -1.71. The predicted octanol–water partition coefficient (Wildman–Crippen LogP) is 3.92. The molecule has 8 heteroatoms. The molecule has 0 aliphatic carbocycles. The van der Waals surface area contributed by atoms with E-state index in [2.05, 4.69) is 27.4 Å². The molecule has 0 saturated heterocycles. The number of carbonyl (C=O) groups excluding carboxylic acids is 1. The van der Waals surface area contributed by atoms with Crippen LogP contribution >= 0.6 is 0 Å². The molecule has 0 saturated carbocycles. The van der Waals surface area contributed by atoms with E-state index in [0.29, 0.717) is 16.0 Å². The van der Waals surface area contributed by atoms with Crippen molar-refractivity contribution in [3.05, 3.63) is 95.3 Å². The second-order valence-electron chi connectivity index (χ2n) is 6.21. The Morgan fingerprint density at radius 2 is 1.60 bits per heavy atom. The highest BCUT2D eigenvalue weighted by atomic mass is 32.2. The van der Waals surface area contributed by atoms with Gasteiger partial charge in [-0.15, -0.1) is 0 Å². The number of nitrogens with zero attached hydrogens (tertiary/aromatic N) is 1. The molecule has 0 spiro atoms. The summed E-state index contributed by atoms with van der Waals surface area (Å²) in [6.45, 7) is 0. The van der Waals surface area contributed by atoms with Crippen LogP contribution in [0.4, 0.5) is 13.2 Å². The van der Waals surface area contributed by atoms with E-state index in [1.807, 2.05) is 0 Å². The number of hydrogen-bond donors (Lipinski definition) is 1. The van der Waals surface area contributed by atoms with Gasteiger partial charge in [-0.3, -0.25) is 14.5 Å². The lowest BCUT2D eigenvalue weighted by atomic mass is 10.1. The lowest BCUT2D eigenvalue weighted by Gasteiger charge is -2.11. The SMILES string of the molecule is C=S(=O)(NC(=O)c1cncc(C#Cc2ccc(C(F)(F)F)cc2)c1)c1ccccc1. The Balaban J connectivity index is 1.77. The van der Waals surface area contributed by atoms with Crippen LogP contribution in [0.25, 0.3) is 0 Å². The molecule has 1 unspecified atom stereocenters. The molecule has 3 aromatic rings. The monoisotopic (exact) mass is 428 g/mol. The third kappa shape index (κ3) is 5.27. The second kappa shape index (κ2) is 8.43. The van der Waals surface area contributed by atoms with Gasteiger partial charge in [0.25, 0.3) is 5.91 Å². The number of pyridine rings is 1. The number of carbonyl (C=O) groups is 1. The summed E-state index contributed by atoms with van der Waals surface area (Å²) in [6, 6.07) is 14.2. The molecule has 0 aliphatic heterocycles. The van der Waals surface area contributed by atoms with Crippen molar-refractivity contribution in [3.8, 4) is 11.8 Å². The fourth-order valence-corrected chi connectivity index (χ4v) is 3.56. The minimum atomic E-state index is -4.41. The van der Waals surface area contributed by atoms with Crippen LogP contribution in [0.2, 0.25) is 0 Å². The first-order valence-corrected chi connectivity index (χ1v) is 10.3. The van der Waals surface area contributed by atoms with E-state index in [-0.39, 0.29) is 5.56 Å². The summed E-state index contributed by atoms with van der Waals surface area (Å²) in [7, 11) is -3.05. The van der Waals surface area contributed by atoms with E-state index >= 15 is 0 Å². The summed E-state index contributed by atoms with van der Waals surface area (Å²) in [4.78, 5) is 16.8. The van der Waals surface area contributed by atoms with Crippen LogP contribution in [-0.2, 0) is 15.9 Å². The Bertz CT molecular complexity index is 1230. The maximum Gasteiger partial charge on any atom is 0.416 e. The molecule has 152 valence electrons. The van der Waals surface area contributed by atoms with Crippen LogP contribution in [0.15, 0.2) is 78.0 Å². The molecule has 30 heavy (non-hydrogen) atoms. The lowest BCUT2D eigenvalue weighted by molar-refractivity contribution is -0.137. The second-order valence-corrected chi connectivity index (χ2v) is 8.23. The molecule has 1 aromatic heterocycles. The van der Waals surface area contributed by atoms with Gasteiger partial charge in [-0.1, -0.05) is 30.0 Å². The van der Waals surface area contributed by atoms with E-state index in [4.69, 9.17) is 0 Å². The molecule has 4 nitrogen and oxygen atoms in total. The summed E-state index contributed by atoms with van der Waals surface area (Å²) in [5, 5.41) is 0. The summed E-state index contributed by atoms with van der Waals surface area (Å²) < 4.78 is 52.9. The van der Waals surface area contributed by atoms with Crippen LogP contribution < -0.4 is 4.72 Å². The smallest absolute Gasteiger partial charge is 0.275 e. The predicted molar refractivity (Wildman–Crippen MR) is 109 cm³/mol. The average Bonchev–Trinajstić information content (AvgIpc) is 2.72. The molecule has 0 aliphatic rings. The Labute approximate surface area is 171 Å². The number of amides is 1. The van der Waals surface area contributed by atoms with Crippen molar-refractivity contribution in [1.29, 1.82) is 0 Å². The van der Waals surface area contributed by atoms with Gasteiger partial charge in [-0.05, 0) is 48.3 Å². The first-order valence-electron chi connectivity index (χ1n) is 8.54. The molecule has 0 radical (unpaired) electrons. The van der Waals surface area contributed by atoms with Crippen molar-refractivity contribution in [3.63, 3.8) is 0 Å². The van der Waals surface area contributed by atoms with Crippen LogP contribution in [0.5, 0.6) is 0 Å². The Kier molecular flexibility index (Phi) is 5.94. The average molecular weight is 428 g/mol. The molecular weight excluding hydrogens is 413 g/mol. The molecule has 2 aromatic carbocycles. The van der Waals surface area contributed by atoms with Crippen molar-refractivity contribution < 1.29 is 22.2 Å². The standard InChI is InChI=1S/C22H15F3N2O2S/c1-30(29,20-5-3-2-4-6-20)27-21(28)18-13-17(14-26-15-18)8-7-16-9-11-19(12-10-16)22(23,24)25/h2-6,9-15H,1H2,(H,27,28,29). The third-order valence-corrected chi connectivity index (χ3v) is 5.49. The van der Waals surface area contributed by atoms with Gasteiger partial charge in [-0.2, -0.15) is 13.2 Å². The van der Waals surface area contributed by atoms with Gasteiger partial charge in [-0.25, -0.2) is 4.21 Å². The lowest BCUT2D eigenvalue weighted by Crippen LogP contribution is -2.30. The number of hydrogen-bond acceptors (Lipinski definition) is 3. The van der Waals surface area contributed by atoms with E-state index in [0.717, 1.165) is 12.1 Å². The van der Waals surface area contributed by atoms with Crippen molar-refractivity contribution in [2.75, 3.05) is 0 Å². The van der Waals surface area contributed by atoms with Crippen molar-refractivity contribution in [2.45, 2.75) is 11.1 Å². The number of halogens is 3. The quantitative estimate of drug-likeness (QED) is 0.508. The molecule has 3 rings (SSSR count). The maximum atomic E-state index is 12.7. The highest BCUT2D eigenvalue weighted by Gasteiger charge is 2.29.